The normalized spacial score (nSPS) is 34.8. The van der Waals surface area contributed by atoms with Crippen molar-refractivity contribution in [1.82, 2.24) is 14.5 Å². The number of fused-ring (bicyclic) bond motifs is 2. The first-order valence-corrected chi connectivity index (χ1v) is 5.80. The van der Waals surface area contributed by atoms with Crippen LogP contribution in [-0.2, 0) is 0 Å². The quantitative estimate of drug-likeness (QED) is 0.600. The molecule has 4 aliphatic rings. The second kappa shape index (κ2) is 3.34. The molecule has 0 aliphatic carbocycles. The summed E-state index contributed by atoms with van der Waals surface area (Å²) in [5.41, 5.74) is 0. The third-order valence-electron chi connectivity index (χ3n) is 3.66. The van der Waals surface area contributed by atoms with E-state index in [0.29, 0.717) is 24.6 Å². The fourth-order valence-electron chi connectivity index (χ4n) is 2.88. The zero-order valence-electron chi connectivity index (χ0n) is 9.13. The molecule has 0 aromatic carbocycles. The van der Waals surface area contributed by atoms with Gasteiger partial charge in [-0.1, -0.05) is 6.92 Å². The van der Waals surface area contributed by atoms with Crippen molar-refractivity contribution < 1.29 is 5.11 Å². The molecule has 3 saturated heterocycles. The van der Waals surface area contributed by atoms with Gasteiger partial charge in [-0.2, -0.15) is 4.67 Å². The maximum Gasteiger partial charge on any atom is 0.427 e. The summed E-state index contributed by atoms with van der Waals surface area (Å²) in [6, 6.07) is 1.37. The van der Waals surface area contributed by atoms with Gasteiger partial charge in [-0.15, -0.1) is 0 Å². The molecule has 0 amide bonds. The Morgan fingerprint density at radius 2 is 2.20 bits per heavy atom. The number of aliphatic hydroxyl groups excluding tert-OH is 1. The Morgan fingerprint density at radius 3 is 2.73 bits per heavy atom. The number of hydrogen-bond donors (Lipinski definition) is 1. The summed E-state index contributed by atoms with van der Waals surface area (Å²) < 4.78 is 4.17. The summed E-state index contributed by atoms with van der Waals surface area (Å²) in [7, 11) is 0. The van der Waals surface area contributed by atoms with Crippen molar-refractivity contribution in [1.29, 1.82) is 0 Å². The smallest absolute Gasteiger partial charge is 0.396 e. The van der Waals surface area contributed by atoms with E-state index in [1.165, 1.54) is 12.3 Å². The third-order valence-corrected chi connectivity index (χ3v) is 3.66. The lowest BCUT2D eigenvalue weighted by molar-refractivity contribution is -0.0228. The number of piperazine rings is 1. The molecular weight excluding hydrogens is 190 g/mol. The highest BCUT2D eigenvalue weighted by Crippen LogP contribution is 2.32. The fourth-order valence-corrected chi connectivity index (χ4v) is 2.88. The molecule has 3 atom stereocenters. The molecule has 0 aromatic heterocycles. The molecule has 0 saturated carbocycles. The fraction of sp³-hybridized carbons (Fsp3) is 0.818. The van der Waals surface area contributed by atoms with Crippen molar-refractivity contribution in [3.05, 3.63) is 0 Å². The van der Waals surface area contributed by atoms with Crippen LogP contribution in [0.25, 0.3) is 0 Å². The lowest BCUT2D eigenvalue weighted by atomic mass is 9.87. The molecule has 0 aromatic rings. The molecule has 82 valence electrons. The number of nitrogens with zero attached hydrogens (tertiary/aromatic N) is 3. The van der Waals surface area contributed by atoms with Gasteiger partial charge in [0.25, 0.3) is 6.21 Å². The first-order chi connectivity index (χ1) is 7.28. The molecule has 4 heterocycles. The summed E-state index contributed by atoms with van der Waals surface area (Å²) in [6.07, 6.45) is 3.29. The summed E-state index contributed by atoms with van der Waals surface area (Å²) in [5, 5.41) is 9.03. The largest absolute Gasteiger partial charge is 0.427 e. The predicted molar refractivity (Wildman–Crippen MR) is 59.9 cm³/mol. The molecule has 15 heavy (non-hydrogen) atoms. The SMILES string of the molecule is CC(CO)CN1CC2CC(C1)N2C1=[N+]=C1. The van der Waals surface area contributed by atoms with Crippen molar-refractivity contribution in [2.24, 2.45) is 5.92 Å². The minimum Gasteiger partial charge on any atom is -0.396 e. The maximum atomic E-state index is 9.03. The zero-order chi connectivity index (χ0) is 10.4. The molecule has 1 N–H and O–H groups in total. The van der Waals surface area contributed by atoms with Gasteiger partial charge < -0.3 is 5.11 Å². The van der Waals surface area contributed by atoms with Crippen LogP contribution in [0.2, 0.25) is 0 Å². The van der Waals surface area contributed by atoms with Crippen LogP contribution in [0.15, 0.2) is 0 Å². The molecule has 0 spiro atoms. The number of piperidine rings is 1. The van der Waals surface area contributed by atoms with E-state index in [-0.39, 0.29) is 0 Å². The number of amidine groups is 1. The number of aliphatic hydroxyl groups is 1. The van der Waals surface area contributed by atoms with E-state index in [1.807, 2.05) is 6.21 Å². The summed E-state index contributed by atoms with van der Waals surface area (Å²) >= 11 is 0. The Hall–Kier alpha value is -0.830. The third kappa shape index (κ3) is 1.59. The first kappa shape index (κ1) is 9.40. The standard InChI is InChI=1S/C11H18N3O/c1-8(7-15)4-13-5-9-2-10(6-13)14(9)11-3-12-11/h3,8-10,15H,2,4-7H2,1H3/q+1. The summed E-state index contributed by atoms with van der Waals surface area (Å²) in [5.74, 6) is 1.62. The first-order valence-electron chi connectivity index (χ1n) is 5.80. The minimum absolute atomic E-state index is 0.302. The van der Waals surface area contributed by atoms with Gasteiger partial charge in [0, 0.05) is 32.7 Å². The molecule has 0 radical (unpaired) electrons. The van der Waals surface area contributed by atoms with Gasteiger partial charge in [0.1, 0.15) is 12.1 Å². The highest BCUT2D eigenvalue weighted by Gasteiger charge is 2.54. The minimum atomic E-state index is 0.302. The highest BCUT2D eigenvalue weighted by atomic mass is 16.3. The van der Waals surface area contributed by atoms with Crippen LogP contribution in [0.5, 0.6) is 0 Å². The molecule has 4 aliphatic heterocycles. The van der Waals surface area contributed by atoms with E-state index in [1.54, 1.807) is 0 Å². The lowest BCUT2D eigenvalue weighted by Gasteiger charge is -2.50. The van der Waals surface area contributed by atoms with E-state index in [2.05, 4.69) is 21.4 Å². The molecule has 3 unspecified atom stereocenters. The van der Waals surface area contributed by atoms with Crippen LogP contribution in [-0.4, -0.2) is 65.3 Å². The van der Waals surface area contributed by atoms with E-state index in [9.17, 15) is 0 Å². The topological polar surface area (TPSA) is 40.8 Å². The van der Waals surface area contributed by atoms with Crippen molar-refractivity contribution in [2.75, 3.05) is 26.2 Å². The van der Waals surface area contributed by atoms with Gasteiger partial charge in [-0.05, 0) is 5.92 Å². The van der Waals surface area contributed by atoms with Crippen LogP contribution in [0.1, 0.15) is 13.3 Å². The van der Waals surface area contributed by atoms with Crippen molar-refractivity contribution >= 4 is 12.1 Å². The predicted octanol–water partition coefficient (Wildman–Crippen LogP) is -1.08. The Kier molecular flexibility index (Phi) is 2.09. The van der Waals surface area contributed by atoms with Crippen LogP contribution in [0, 0.1) is 5.92 Å². The molecule has 4 nitrogen and oxygen atoms in total. The molecular formula is C11H18N3O+. The van der Waals surface area contributed by atoms with E-state index < -0.39 is 0 Å². The lowest BCUT2D eigenvalue weighted by Crippen LogP contribution is -2.69. The summed E-state index contributed by atoms with van der Waals surface area (Å²) in [6.45, 7) is 5.74. The van der Waals surface area contributed by atoms with Gasteiger partial charge in [-0.25, -0.2) is 4.90 Å². The molecule has 4 rings (SSSR count). The second-order valence-electron chi connectivity index (χ2n) is 5.07. The van der Waals surface area contributed by atoms with Crippen LogP contribution in [0.4, 0.5) is 0 Å². The Morgan fingerprint density at radius 1 is 1.53 bits per heavy atom. The van der Waals surface area contributed by atoms with Gasteiger partial charge in [-0.3, -0.25) is 4.90 Å². The van der Waals surface area contributed by atoms with Crippen LogP contribution >= 0.6 is 0 Å². The van der Waals surface area contributed by atoms with Gasteiger partial charge in [0.2, 0.25) is 0 Å². The molecule has 4 heteroatoms. The van der Waals surface area contributed by atoms with Gasteiger partial charge in [0.15, 0.2) is 0 Å². The average molecular weight is 208 g/mol. The van der Waals surface area contributed by atoms with Gasteiger partial charge >= 0.3 is 5.84 Å². The van der Waals surface area contributed by atoms with Crippen LogP contribution < -0.4 is 4.67 Å². The number of hydrogen-bond acceptors (Lipinski definition) is 3. The monoisotopic (exact) mass is 208 g/mol. The Balaban J connectivity index is 1.54. The highest BCUT2D eigenvalue weighted by molar-refractivity contribution is 6.38. The van der Waals surface area contributed by atoms with Gasteiger partial charge in [0.05, 0.1) is 0 Å². The molecule has 3 fully saturated rings. The number of rotatable bonds is 3. The van der Waals surface area contributed by atoms with Crippen molar-refractivity contribution in [3.63, 3.8) is 0 Å². The Bertz CT molecular complexity index is 323. The van der Waals surface area contributed by atoms with Crippen LogP contribution in [0.3, 0.4) is 0 Å². The Labute approximate surface area is 89.9 Å². The zero-order valence-corrected chi connectivity index (χ0v) is 9.13. The van der Waals surface area contributed by atoms with Crippen molar-refractivity contribution in [2.45, 2.75) is 25.4 Å². The molecule has 2 bridgehead atoms. The van der Waals surface area contributed by atoms with E-state index in [4.69, 9.17) is 5.11 Å². The van der Waals surface area contributed by atoms with Crippen molar-refractivity contribution in [3.8, 4) is 0 Å². The average Bonchev–Trinajstić information content (AvgIpc) is 3.01. The second-order valence-corrected chi connectivity index (χ2v) is 5.07. The maximum absolute atomic E-state index is 9.03. The van der Waals surface area contributed by atoms with E-state index >= 15 is 0 Å². The van der Waals surface area contributed by atoms with E-state index in [0.717, 1.165) is 19.6 Å². The summed E-state index contributed by atoms with van der Waals surface area (Å²) in [4.78, 5) is 4.94.